The normalized spacial score (nSPS) is 31.2. The fourth-order valence-corrected chi connectivity index (χ4v) is 2.19. The molecule has 2 rings (SSSR count). The van der Waals surface area contributed by atoms with Crippen molar-refractivity contribution in [3.8, 4) is 0 Å². The first-order valence-electron chi connectivity index (χ1n) is 5.34. The van der Waals surface area contributed by atoms with Crippen LogP contribution in [-0.2, 0) is 0 Å². The zero-order valence-electron chi connectivity index (χ0n) is 7.84. The van der Waals surface area contributed by atoms with Gasteiger partial charge in [0.25, 0.3) is 0 Å². The van der Waals surface area contributed by atoms with Gasteiger partial charge in [-0.15, -0.1) is 0 Å². The lowest BCUT2D eigenvalue weighted by molar-refractivity contribution is 0.0822. The molecule has 2 N–H and O–H groups in total. The molecule has 70 valence electrons. The Balaban J connectivity index is 1.59. The molecule has 1 aliphatic carbocycles. The van der Waals surface area contributed by atoms with Crippen LogP contribution in [0.15, 0.2) is 0 Å². The first-order valence-corrected chi connectivity index (χ1v) is 5.34. The lowest BCUT2D eigenvalue weighted by Gasteiger charge is -2.41. The van der Waals surface area contributed by atoms with Gasteiger partial charge in [0.1, 0.15) is 0 Å². The van der Waals surface area contributed by atoms with Crippen LogP contribution in [0.1, 0.15) is 32.1 Å². The Hall–Kier alpha value is -0.0800. The Labute approximate surface area is 75.1 Å². The topological polar surface area (TPSA) is 29.3 Å². The monoisotopic (exact) mass is 168 g/mol. The van der Waals surface area contributed by atoms with Crippen molar-refractivity contribution in [2.45, 2.75) is 38.1 Å². The minimum Gasteiger partial charge on any atom is -0.329 e. The number of hydrogen-bond acceptors (Lipinski definition) is 2. The lowest BCUT2D eigenvalue weighted by atomic mass is 9.82. The van der Waals surface area contributed by atoms with E-state index >= 15 is 0 Å². The van der Waals surface area contributed by atoms with E-state index in [4.69, 9.17) is 5.73 Å². The van der Waals surface area contributed by atoms with Crippen LogP contribution in [0.3, 0.4) is 0 Å². The third-order valence-electron chi connectivity index (χ3n) is 3.59. The van der Waals surface area contributed by atoms with Gasteiger partial charge in [0.2, 0.25) is 0 Å². The summed E-state index contributed by atoms with van der Waals surface area (Å²) in [6.45, 7) is 3.48. The third-order valence-corrected chi connectivity index (χ3v) is 3.59. The highest BCUT2D eigenvalue weighted by Crippen LogP contribution is 2.30. The minimum absolute atomic E-state index is 0.727. The molecule has 2 nitrogen and oxygen atoms in total. The molecule has 1 saturated carbocycles. The van der Waals surface area contributed by atoms with Crippen molar-refractivity contribution in [1.29, 1.82) is 0 Å². The molecule has 12 heavy (non-hydrogen) atoms. The standard InChI is InChI=1S/C10H20N2/c11-8-10-5-7-12(10)6-4-9-2-1-3-9/h9-10H,1-8,11H2. The molecule has 0 aromatic carbocycles. The SMILES string of the molecule is NCC1CCN1CCC1CCC1. The molecule has 0 aromatic rings. The molecule has 1 heterocycles. The van der Waals surface area contributed by atoms with Gasteiger partial charge in [0.15, 0.2) is 0 Å². The highest BCUT2D eigenvalue weighted by Gasteiger charge is 2.27. The highest BCUT2D eigenvalue weighted by atomic mass is 15.2. The van der Waals surface area contributed by atoms with Gasteiger partial charge in [0, 0.05) is 19.1 Å². The van der Waals surface area contributed by atoms with Gasteiger partial charge in [-0.1, -0.05) is 19.3 Å². The number of nitrogens with two attached hydrogens (primary N) is 1. The van der Waals surface area contributed by atoms with Crippen molar-refractivity contribution in [2.24, 2.45) is 11.7 Å². The van der Waals surface area contributed by atoms with Crippen LogP contribution < -0.4 is 5.73 Å². The first-order chi connectivity index (χ1) is 5.90. The summed E-state index contributed by atoms with van der Waals surface area (Å²) in [5, 5.41) is 0. The predicted molar refractivity (Wildman–Crippen MR) is 51.0 cm³/mol. The average molecular weight is 168 g/mol. The average Bonchev–Trinajstić information content (AvgIpc) is 1.93. The van der Waals surface area contributed by atoms with Gasteiger partial charge in [-0.05, 0) is 25.3 Å². The summed E-state index contributed by atoms with van der Waals surface area (Å²) in [6.07, 6.45) is 7.21. The molecular formula is C10H20N2. The highest BCUT2D eigenvalue weighted by molar-refractivity contribution is 4.84. The molecule has 1 aliphatic heterocycles. The largest absolute Gasteiger partial charge is 0.329 e. The van der Waals surface area contributed by atoms with Crippen molar-refractivity contribution < 1.29 is 0 Å². The molecule has 0 amide bonds. The van der Waals surface area contributed by atoms with Crippen LogP contribution in [0, 0.1) is 5.92 Å². The van der Waals surface area contributed by atoms with Crippen LogP contribution >= 0.6 is 0 Å². The quantitative estimate of drug-likeness (QED) is 0.683. The van der Waals surface area contributed by atoms with Crippen LogP contribution in [0.25, 0.3) is 0 Å². The van der Waals surface area contributed by atoms with Crippen molar-refractivity contribution in [1.82, 2.24) is 4.90 Å². The van der Waals surface area contributed by atoms with E-state index in [2.05, 4.69) is 4.90 Å². The Kier molecular flexibility index (Phi) is 2.66. The van der Waals surface area contributed by atoms with Crippen LogP contribution in [-0.4, -0.2) is 30.6 Å². The molecule has 0 spiro atoms. The summed E-state index contributed by atoms with van der Waals surface area (Å²) in [6, 6.07) is 0.727. The second-order valence-electron chi connectivity index (χ2n) is 4.30. The molecule has 2 aliphatic rings. The van der Waals surface area contributed by atoms with Crippen molar-refractivity contribution >= 4 is 0 Å². The Morgan fingerprint density at radius 3 is 2.50 bits per heavy atom. The molecule has 2 heteroatoms. The number of hydrogen-bond donors (Lipinski definition) is 1. The van der Waals surface area contributed by atoms with Crippen LogP contribution in [0.5, 0.6) is 0 Å². The number of nitrogens with zero attached hydrogens (tertiary/aromatic N) is 1. The van der Waals surface area contributed by atoms with E-state index in [1.165, 1.54) is 45.2 Å². The molecule has 2 fully saturated rings. The summed E-state index contributed by atoms with van der Waals surface area (Å²) in [4.78, 5) is 2.55. The molecule has 0 radical (unpaired) electrons. The van der Waals surface area contributed by atoms with Crippen molar-refractivity contribution in [3.05, 3.63) is 0 Å². The first kappa shape index (κ1) is 8.52. The van der Waals surface area contributed by atoms with Crippen molar-refractivity contribution in [3.63, 3.8) is 0 Å². The van der Waals surface area contributed by atoms with Gasteiger partial charge in [-0.2, -0.15) is 0 Å². The number of likely N-dealkylation sites (tertiary alicyclic amines) is 1. The fourth-order valence-electron chi connectivity index (χ4n) is 2.19. The lowest BCUT2D eigenvalue weighted by Crippen LogP contribution is -2.52. The van der Waals surface area contributed by atoms with E-state index in [-0.39, 0.29) is 0 Å². The van der Waals surface area contributed by atoms with Crippen molar-refractivity contribution in [2.75, 3.05) is 19.6 Å². The molecular weight excluding hydrogens is 148 g/mol. The van der Waals surface area contributed by atoms with Gasteiger partial charge < -0.3 is 5.73 Å². The fraction of sp³-hybridized carbons (Fsp3) is 1.00. The van der Waals surface area contributed by atoms with E-state index in [9.17, 15) is 0 Å². The van der Waals surface area contributed by atoms with Crippen LogP contribution in [0.4, 0.5) is 0 Å². The summed E-state index contributed by atoms with van der Waals surface area (Å²) in [5.41, 5.74) is 5.64. The smallest absolute Gasteiger partial charge is 0.0230 e. The summed E-state index contributed by atoms with van der Waals surface area (Å²) in [5.74, 6) is 1.06. The van der Waals surface area contributed by atoms with Gasteiger partial charge >= 0.3 is 0 Å². The van der Waals surface area contributed by atoms with Gasteiger partial charge in [0.05, 0.1) is 0 Å². The van der Waals surface area contributed by atoms with E-state index in [0.29, 0.717) is 0 Å². The van der Waals surface area contributed by atoms with E-state index in [1.54, 1.807) is 0 Å². The Bertz CT molecular complexity index is 141. The second-order valence-corrected chi connectivity index (χ2v) is 4.30. The molecule has 1 atom stereocenters. The van der Waals surface area contributed by atoms with E-state index in [1.807, 2.05) is 0 Å². The maximum atomic E-state index is 5.64. The minimum atomic E-state index is 0.727. The zero-order chi connectivity index (χ0) is 8.39. The molecule has 1 saturated heterocycles. The molecule has 1 unspecified atom stereocenters. The maximum Gasteiger partial charge on any atom is 0.0230 e. The van der Waals surface area contributed by atoms with Gasteiger partial charge in [-0.3, -0.25) is 4.90 Å². The molecule has 0 aromatic heterocycles. The Morgan fingerprint density at radius 2 is 2.08 bits per heavy atom. The van der Waals surface area contributed by atoms with E-state index < -0.39 is 0 Å². The van der Waals surface area contributed by atoms with E-state index in [0.717, 1.165) is 18.5 Å². The maximum absolute atomic E-state index is 5.64. The number of rotatable bonds is 4. The second kappa shape index (κ2) is 3.75. The predicted octanol–water partition coefficient (Wildman–Crippen LogP) is 1.21. The Morgan fingerprint density at radius 1 is 1.25 bits per heavy atom. The molecule has 0 bridgehead atoms. The van der Waals surface area contributed by atoms with Crippen LogP contribution in [0.2, 0.25) is 0 Å². The summed E-state index contributed by atoms with van der Waals surface area (Å²) in [7, 11) is 0. The zero-order valence-corrected chi connectivity index (χ0v) is 7.84. The van der Waals surface area contributed by atoms with Gasteiger partial charge in [-0.25, -0.2) is 0 Å². The third kappa shape index (κ3) is 1.64. The summed E-state index contributed by atoms with van der Waals surface area (Å²) >= 11 is 0. The summed E-state index contributed by atoms with van der Waals surface area (Å²) < 4.78 is 0.